The molecule has 2 nitrogen and oxygen atoms in total. The highest BCUT2D eigenvalue weighted by Crippen LogP contribution is 2.42. The van der Waals surface area contributed by atoms with Gasteiger partial charge in [-0.1, -0.05) is 72.8 Å². The Hall–Kier alpha value is -5.99. The van der Waals surface area contributed by atoms with Crippen LogP contribution in [-0.4, -0.2) is 0 Å². The van der Waals surface area contributed by atoms with E-state index in [4.69, 9.17) is 0 Å². The van der Waals surface area contributed by atoms with Gasteiger partial charge in [-0.25, -0.2) is 0 Å². The summed E-state index contributed by atoms with van der Waals surface area (Å²) in [4.78, 5) is 2.37. The van der Waals surface area contributed by atoms with E-state index in [9.17, 15) is 5.26 Å². The number of benzene rings is 8. The van der Waals surface area contributed by atoms with E-state index in [1.165, 1.54) is 61.9 Å². The van der Waals surface area contributed by atoms with Crippen LogP contribution in [0.2, 0.25) is 0 Å². The number of fused-ring (bicyclic) bond motifs is 8. The lowest BCUT2D eigenvalue weighted by atomic mass is 10.0. The van der Waals surface area contributed by atoms with Crippen molar-refractivity contribution < 1.29 is 0 Å². The minimum Gasteiger partial charge on any atom is -0.310 e. The third-order valence-electron chi connectivity index (χ3n) is 9.63. The normalized spacial score (nSPS) is 11.7. The maximum Gasteiger partial charge on any atom is 0.0991 e. The third kappa shape index (κ3) is 4.67. The highest BCUT2D eigenvalue weighted by Gasteiger charge is 2.16. The van der Waals surface area contributed by atoms with Crippen molar-refractivity contribution in [1.82, 2.24) is 0 Å². The lowest BCUT2D eigenvalue weighted by Crippen LogP contribution is -2.09. The van der Waals surface area contributed by atoms with Crippen LogP contribution in [0.15, 0.2) is 158 Å². The minimum absolute atomic E-state index is 0.666. The summed E-state index contributed by atoms with van der Waals surface area (Å²) in [6, 6.07) is 59.2. The number of thiophene rings is 2. The molecule has 2 heterocycles. The Morgan fingerprint density at radius 1 is 0.388 bits per heavy atom. The van der Waals surface area contributed by atoms with E-state index in [-0.39, 0.29) is 0 Å². The van der Waals surface area contributed by atoms with Crippen LogP contribution in [0.5, 0.6) is 0 Å². The molecule has 0 aliphatic heterocycles. The Kier molecular flexibility index (Phi) is 6.32. The molecule has 49 heavy (non-hydrogen) atoms. The van der Waals surface area contributed by atoms with Gasteiger partial charge < -0.3 is 4.90 Å². The Morgan fingerprint density at radius 2 is 0.857 bits per heavy atom. The van der Waals surface area contributed by atoms with E-state index >= 15 is 0 Å². The summed E-state index contributed by atoms with van der Waals surface area (Å²) in [6.45, 7) is 0. The van der Waals surface area contributed by atoms with Gasteiger partial charge in [-0.15, -0.1) is 22.7 Å². The van der Waals surface area contributed by atoms with Crippen molar-refractivity contribution in [2.75, 3.05) is 4.90 Å². The van der Waals surface area contributed by atoms with E-state index in [1.54, 1.807) is 0 Å². The van der Waals surface area contributed by atoms with Crippen molar-refractivity contribution in [2.45, 2.75) is 0 Å². The number of hydrogen-bond acceptors (Lipinski definition) is 4. The van der Waals surface area contributed by atoms with Gasteiger partial charge in [0.1, 0.15) is 0 Å². The molecule has 0 fully saturated rings. The number of nitriles is 1. The smallest absolute Gasteiger partial charge is 0.0991 e. The zero-order valence-corrected chi connectivity index (χ0v) is 27.9. The topological polar surface area (TPSA) is 27.0 Å². The van der Waals surface area contributed by atoms with Crippen molar-refractivity contribution in [3.05, 3.63) is 163 Å². The molecule has 228 valence electrons. The molecule has 0 spiro atoms. The van der Waals surface area contributed by atoms with Crippen molar-refractivity contribution in [2.24, 2.45) is 0 Å². The molecule has 4 heteroatoms. The van der Waals surface area contributed by atoms with Gasteiger partial charge in [0.2, 0.25) is 0 Å². The molecule has 10 rings (SSSR count). The SMILES string of the molecule is N#Cc1ccc(-c2ccc(N(c3ccc4cc5sc6ccccc6c5cc4c3)c3ccc4cc5sc6ccccc6c5cc4c3)cc2)cc1. The molecule has 10 aromatic rings. The van der Waals surface area contributed by atoms with Gasteiger partial charge in [0.15, 0.2) is 0 Å². The van der Waals surface area contributed by atoms with Crippen molar-refractivity contribution in [3.63, 3.8) is 0 Å². The molecule has 2 aromatic heterocycles. The lowest BCUT2D eigenvalue weighted by molar-refractivity contribution is 1.29. The van der Waals surface area contributed by atoms with E-state index < -0.39 is 0 Å². The van der Waals surface area contributed by atoms with E-state index in [0.717, 1.165) is 28.2 Å². The molecule has 0 aliphatic rings. The minimum atomic E-state index is 0.666. The number of rotatable bonds is 4. The van der Waals surface area contributed by atoms with Gasteiger partial charge in [0.25, 0.3) is 0 Å². The van der Waals surface area contributed by atoms with Gasteiger partial charge in [-0.2, -0.15) is 5.26 Å². The quantitative estimate of drug-likeness (QED) is 0.188. The van der Waals surface area contributed by atoms with Gasteiger partial charge in [0.05, 0.1) is 11.6 Å². The predicted octanol–water partition coefficient (Wildman–Crippen LogP) is 13.7. The molecule has 8 aromatic carbocycles. The van der Waals surface area contributed by atoms with Crippen LogP contribution in [-0.2, 0) is 0 Å². The van der Waals surface area contributed by atoms with Crippen LogP contribution in [0.4, 0.5) is 17.1 Å². The summed E-state index contributed by atoms with van der Waals surface area (Å²) in [6.07, 6.45) is 0. The van der Waals surface area contributed by atoms with Crippen molar-refractivity contribution in [1.29, 1.82) is 5.26 Å². The summed E-state index contributed by atoms with van der Waals surface area (Å²) in [5, 5.41) is 19.4. The van der Waals surface area contributed by atoms with E-state index in [2.05, 4.69) is 144 Å². The third-order valence-corrected chi connectivity index (χ3v) is 11.9. The first-order chi connectivity index (χ1) is 24.2. The second-order valence-electron chi connectivity index (χ2n) is 12.5. The Bertz CT molecular complexity index is 2790. The van der Waals surface area contributed by atoms with Crippen LogP contribution in [0.1, 0.15) is 5.56 Å². The molecule has 0 saturated carbocycles. The molecule has 0 unspecified atom stereocenters. The number of hydrogen-bond donors (Lipinski definition) is 0. The fraction of sp³-hybridized carbons (Fsp3) is 0. The zero-order chi connectivity index (χ0) is 32.5. The zero-order valence-electron chi connectivity index (χ0n) is 26.2. The molecule has 0 N–H and O–H groups in total. The predicted molar refractivity (Wildman–Crippen MR) is 212 cm³/mol. The molecule has 0 atom stereocenters. The van der Waals surface area contributed by atoms with Crippen LogP contribution in [0, 0.1) is 11.3 Å². The average Bonchev–Trinajstić information content (AvgIpc) is 3.70. The summed E-state index contributed by atoms with van der Waals surface area (Å²) in [7, 11) is 0. The maximum atomic E-state index is 9.27. The molecule has 0 bridgehead atoms. The average molecular weight is 659 g/mol. The highest BCUT2D eigenvalue weighted by atomic mass is 32.1. The molecular formula is C45H26N2S2. The van der Waals surface area contributed by atoms with Crippen LogP contribution in [0.3, 0.4) is 0 Å². The summed E-state index contributed by atoms with van der Waals surface area (Å²) >= 11 is 3.72. The first-order valence-electron chi connectivity index (χ1n) is 16.3. The second kappa shape index (κ2) is 11.0. The summed E-state index contributed by atoms with van der Waals surface area (Å²) < 4.78 is 5.28. The van der Waals surface area contributed by atoms with Crippen molar-refractivity contribution in [3.8, 4) is 17.2 Å². The second-order valence-corrected chi connectivity index (χ2v) is 14.7. The maximum absolute atomic E-state index is 9.27. The Morgan fingerprint density at radius 3 is 1.37 bits per heavy atom. The van der Waals surface area contributed by atoms with Gasteiger partial charge in [-0.3, -0.25) is 0 Å². The largest absolute Gasteiger partial charge is 0.310 e. The molecule has 0 aliphatic carbocycles. The molecule has 0 amide bonds. The number of nitrogens with zero attached hydrogens (tertiary/aromatic N) is 2. The van der Waals surface area contributed by atoms with Crippen LogP contribution < -0.4 is 4.90 Å². The monoisotopic (exact) mass is 658 g/mol. The Labute approximate surface area is 290 Å². The van der Waals surface area contributed by atoms with Crippen molar-refractivity contribution >= 4 is 102 Å². The summed E-state index contributed by atoms with van der Waals surface area (Å²) in [5.74, 6) is 0. The summed E-state index contributed by atoms with van der Waals surface area (Å²) in [5.41, 5.74) is 6.17. The van der Waals surface area contributed by atoms with Crippen LogP contribution in [0.25, 0.3) is 73.0 Å². The Balaban J connectivity index is 1.15. The fourth-order valence-corrected chi connectivity index (χ4v) is 9.45. The standard InChI is InChI=1S/C45H26N2S2/c46-27-28-9-11-29(12-10-28)30-13-17-35(18-14-30)47(36-19-15-31-25-44-40(23-33(31)21-36)38-5-1-3-7-42(38)48-44)37-20-16-32-26-45-41(24-34(32)22-37)39-6-2-4-8-43(39)49-45/h1-26H. The highest BCUT2D eigenvalue weighted by molar-refractivity contribution is 7.26. The molecular weight excluding hydrogens is 633 g/mol. The van der Waals surface area contributed by atoms with Crippen LogP contribution >= 0.6 is 22.7 Å². The fourth-order valence-electron chi connectivity index (χ4n) is 7.18. The molecule has 0 saturated heterocycles. The van der Waals surface area contributed by atoms with Gasteiger partial charge >= 0.3 is 0 Å². The van der Waals surface area contributed by atoms with E-state index in [1.807, 2.05) is 46.9 Å². The first-order valence-corrected chi connectivity index (χ1v) is 17.9. The van der Waals surface area contributed by atoms with Gasteiger partial charge in [0, 0.05) is 57.4 Å². The number of anilines is 3. The van der Waals surface area contributed by atoms with E-state index in [0.29, 0.717) is 5.56 Å². The lowest BCUT2D eigenvalue weighted by Gasteiger charge is -2.26. The molecule has 0 radical (unpaired) electrons. The first kappa shape index (κ1) is 28.1. The van der Waals surface area contributed by atoms with Gasteiger partial charge in [-0.05, 0) is 118 Å².